The van der Waals surface area contributed by atoms with E-state index in [4.69, 9.17) is 15.2 Å². The van der Waals surface area contributed by atoms with E-state index in [9.17, 15) is 8.42 Å². The van der Waals surface area contributed by atoms with E-state index in [2.05, 4.69) is 10.3 Å². The summed E-state index contributed by atoms with van der Waals surface area (Å²) < 4.78 is 35.5. The number of sulfone groups is 1. The average Bonchev–Trinajstić information content (AvgIpc) is 2.67. The maximum absolute atomic E-state index is 12.5. The summed E-state index contributed by atoms with van der Waals surface area (Å²) in [4.78, 5) is 4.61. The molecular weight excluding hydrogens is 366 g/mol. The zero-order valence-corrected chi connectivity index (χ0v) is 16.5. The molecule has 0 saturated heterocycles. The quantitative estimate of drug-likeness (QED) is 0.530. The highest BCUT2D eigenvalue weighted by molar-refractivity contribution is 7.91. The van der Waals surface area contributed by atoms with Crippen LogP contribution >= 0.6 is 0 Å². The molecule has 2 aromatic carbocycles. The Morgan fingerprint density at radius 2 is 1.78 bits per heavy atom. The molecule has 0 aliphatic carbocycles. The fraction of sp³-hybridized carbons (Fsp3) is 0.316. The molecule has 0 spiro atoms. The van der Waals surface area contributed by atoms with Crippen LogP contribution in [0.25, 0.3) is 0 Å². The maximum atomic E-state index is 12.5. The first-order chi connectivity index (χ1) is 12.9. The van der Waals surface area contributed by atoms with E-state index in [0.717, 1.165) is 0 Å². The van der Waals surface area contributed by atoms with E-state index in [0.29, 0.717) is 23.6 Å². The summed E-state index contributed by atoms with van der Waals surface area (Å²) in [7, 11) is -0.339. The Hall–Kier alpha value is -2.74. The van der Waals surface area contributed by atoms with E-state index in [1.165, 1.54) is 0 Å². The largest absolute Gasteiger partial charge is 0.493 e. The number of guanidine groups is 1. The second-order valence-corrected chi connectivity index (χ2v) is 7.90. The van der Waals surface area contributed by atoms with Crippen molar-refractivity contribution in [1.29, 1.82) is 0 Å². The number of nitrogens with zero attached hydrogens (tertiary/aromatic N) is 1. The van der Waals surface area contributed by atoms with Crippen LogP contribution in [0.4, 0.5) is 5.69 Å². The number of rotatable bonds is 8. The maximum Gasteiger partial charge on any atom is 0.193 e. The highest BCUT2D eigenvalue weighted by atomic mass is 32.2. The predicted octanol–water partition coefficient (Wildman–Crippen LogP) is 2.68. The van der Waals surface area contributed by atoms with E-state index < -0.39 is 15.9 Å². The van der Waals surface area contributed by atoms with Crippen molar-refractivity contribution in [3.63, 3.8) is 0 Å². The van der Waals surface area contributed by atoms with Crippen LogP contribution in [0.2, 0.25) is 0 Å². The molecule has 0 fully saturated rings. The van der Waals surface area contributed by atoms with E-state index in [-0.39, 0.29) is 16.6 Å². The van der Waals surface area contributed by atoms with Crippen LogP contribution in [0, 0.1) is 0 Å². The van der Waals surface area contributed by atoms with Gasteiger partial charge in [0.1, 0.15) is 0 Å². The van der Waals surface area contributed by atoms with Gasteiger partial charge >= 0.3 is 0 Å². The number of nitrogens with one attached hydrogen (secondary N) is 1. The molecule has 0 saturated carbocycles. The topological polar surface area (TPSA) is 103 Å². The predicted molar refractivity (Wildman–Crippen MR) is 107 cm³/mol. The summed E-state index contributed by atoms with van der Waals surface area (Å²) in [5.74, 6) is 1.17. The molecule has 2 aromatic rings. The minimum Gasteiger partial charge on any atom is -0.493 e. The molecule has 1 unspecified atom stereocenters. The van der Waals surface area contributed by atoms with Gasteiger partial charge in [-0.05, 0) is 30.7 Å². The van der Waals surface area contributed by atoms with Crippen LogP contribution in [0.5, 0.6) is 11.5 Å². The van der Waals surface area contributed by atoms with Crippen molar-refractivity contribution in [1.82, 2.24) is 0 Å². The summed E-state index contributed by atoms with van der Waals surface area (Å²) in [6.45, 7) is 1.87. The Labute approximate surface area is 160 Å². The second kappa shape index (κ2) is 9.27. The van der Waals surface area contributed by atoms with Crippen LogP contribution in [-0.4, -0.2) is 40.4 Å². The van der Waals surface area contributed by atoms with Gasteiger partial charge in [-0.2, -0.15) is 0 Å². The zero-order valence-electron chi connectivity index (χ0n) is 15.7. The smallest absolute Gasteiger partial charge is 0.193 e. The SMILES string of the molecule is CCC(CS(=O)(=O)c1ccccc1)N=C(N)Nc1ccc(OC)c(OC)c1. The molecule has 8 heteroatoms. The fourth-order valence-electron chi connectivity index (χ4n) is 2.51. The Morgan fingerprint density at radius 3 is 2.37 bits per heavy atom. The molecule has 0 radical (unpaired) electrons. The van der Waals surface area contributed by atoms with Gasteiger partial charge in [0.25, 0.3) is 0 Å². The summed E-state index contributed by atoms with van der Waals surface area (Å²) in [5, 5.41) is 2.96. The van der Waals surface area contributed by atoms with Gasteiger partial charge in [0.05, 0.1) is 30.9 Å². The molecule has 0 heterocycles. The second-order valence-electron chi connectivity index (χ2n) is 5.87. The summed E-state index contributed by atoms with van der Waals surface area (Å²) in [6, 6.07) is 13.1. The normalized spacial score (nSPS) is 13.1. The van der Waals surface area contributed by atoms with Gasteiger partial charge in [-0.1, -0.05) is 25.1 Å². The summed E-state index contributed by atoms with van der Waals surface area (Å²) in [5.41, 5.74) is 6.64. The van der Waals surface area contributed by atoms with Crippen LogP contribution in [0.3, 0.4) is 0 Å². The molecule has 0 amide bonds. The van der Waals surface area contributed by atoms with Gasteiger partial charge in [-0.15, -0.1) is 0 Å². The Bertz CT molecular complexity index is 883. The van der Waals surface area contributed by atoms with Crippen molar-refractivity contribution < 1.29 is 17.9 Å². The molecule has 0 aliphatic rings. The Balaban J connectivity index is 2.13. The number of methoxy groups -OCH3 is 2. The van der Waals surface area contributed by atoms with E-state index in [1.54, 1.807) is 62.8 Å². The van der Waals surface area contributed by atoms with Crippen LogP contribution in [0.1, 0.15) is 13.3 Å². The lowest BCUT2D eigenvalue weighted by atomic mass is 10.2. The van der Waals surface area contributed by atoms with Crippen LogP contribution in [0.15, 0.2) is 58.4 Å². The first kappa shape index (κ1) is 20.6. The first-order valence-electron chi connectivity index (χ1n) is 8.49. The van der Waals surface area contributed by atoms with E-state index in [1.807, 2.05) is 6.92 Å². The average molecular weight is 391 g/mol. The molecule has 7 nitrogen and oxygen atoms in total. The van der Waals surface area contributed by atoms with Crippen molar-refractivity contribution >= 4 is 21.5 Å². The van der Waals surface area contributed by atoms with Crippen molar-refractivity contribution in [2.45, 2.75) is 24.3 Å². The molecule has 3 N–H and O–H groups in total. The molecule has 0 aromatic heterocycles. The number of nitrogens with two attached hydrogens (primary N) is 1. The third kappa shape index (κ3) is 5.62. The number of ether oxygens (including phenoxy) is 2. The van der Waals surface area contributed by atoms with Gasteiger partial charge in [-0.25, -0.2) is 13.4 Å². The van der Waals surface area contributed by atoms with Gasteiger partial charge in [0.2, 0.25) is 0 Å². The third-order valence-corrected chi connectivity index (χ3v) is 5.78. The lowest BCUT2D eigenvalue weighted by Crippen LogP contribution is -2.28. The number of hydrogen-bond donors (Lipinski definition) is 2. The lowest BCUT2D eigenvalue weighted by Gasteiger charge is -2.14. The van der Waals surface area contributed by atoms with Gasteiger partial charge in [0.15, 0.2) is 27.3 Å². The molecular formula is C19H25N3O4S. The van der Waals surface area contributed by atoms with Crippen molar-refractivity contribution in [3.05, 3.63) is 48.5 Å². The molecule has 0 bridgehead atoms. The van der Waals surface area contributed by atoms with Gasteiger partial charge < -0.3 is 20.5 Å². The number of aliphatic imine (C=N–C) groups is 1. The standard InChI is InChI=1S/C19H25N3O4S/c1-4-14(13-27(23,24)16-8-6-5-7-9-16)21-19(20)22-15-10-11-17(25-2)18(12-15)26-3/h5-12,14H,4,13H2,1-3H3,(H3,20,21,22). The third-order valence-electron chi connectivity index (χ3n) is 3.96. The Morgan fingerprint density at radius 1 is 1.11 bits per heavy atom. The highest BCUT2D eigenvalue weighted by Gasteiger charge is 2.20. The highest BCUT2D eigenvalue weighted by Crippen LogP contribution is 2.29. The van der Waals surface area contributed by atoms with E-state index >= 15 is 0 Å². The lowest BCUT2D eigenvalue weighted by molar-refractivity contribution is 0.355. The Kier molecular flexibility index (Phi) is 7.06. The minimum absolute atomic E-state index is 0.109. The number of hydrogen-bond acceptors (Lipinski definition) is 5. The minimum atomic E-state index is -3.44. The van der Waals surface area contributed by atoms with Crippen molar-refractivity contribution in [2.24, 2.45) is 10.7 Å². The number of benzene rings is 2. The molecule has 2 rings (SSSR count). The first-order valence-corrected chi connectivity index (χ1v) is 10.1. The van der Waals surface area contributed by atoms with Crippen LogP contribution < -0.4 is 20.5 Å². The molecule has 27 heavy (non-hydrogen) atoms. The zero-order chi connectivity index (χ0) is 19.9. The summed E-state index contributed by atoms with van der Waals surface area (Å²) in [6.07, 6.45) is 0.542. The molecule has 146 valence electrons. The monoisotopic (exact) mass is 391 g/mol. The van der Waals surface area contributed by atoms with Crippen LogP contribution in [-0.2, 0) is 9.84 Å². The number of anilines is 1. The summed E-state index contributed by atoms with van der Waals surface area (Å²) >= 11 is 0. The van der Waals surface area contributed by atoms with Gasteiger partial charge in [-0.3, -0.25) is 0 Å². The fourth-order valence-corrected chi connectivity index (χ4v) is 4.10. The van der Waals surface area contributed by atoms with Crippen molar-refractivity contribution in [2.75, 3.05) is 25.3 Å². The van der Waals surface area contributed by atoms with Crippen molar-refractivity contribution in [3.8, 4) is 11.5 Å². The van der Waals surface area contributed by atoms with Gasteiger partial charge in [0, 0.05) is 11.8 Å². The molecule has 1 atom stereocenters. The molecule has 0 aliphatic heterocycles.